The second-order valence-electron chi connectivity index (χ2n) is 4.46. The zero-order valence-electron chi connectivity index (χ0n) is 10.3. The van der Waals surface area contributed by atoms with Crippen LogP contribution in [0.5, 0.6) is 0 Å². The maximum Gasteiger partial charge on any atom is 0.200 e. The normalized spacial score (nSPS) is 20.4. The van der Waals surface area contributed by atoms with Crippen molar-refractivity contribution >= 4 is 0 Å². The van der Waals surface area contributed by atoms with Crippen molar-refractivity contribution in [3.05, 3.63) is 34.6 Å². The first-order valence-electron chi connectivity index (χ1n) is 5.90. The number of benzene rings is 1. The third kappa shape index (κ3) is 2.77. The van der Waals surface area contributed by atoms with E-state index in [4.69, 9.17) is 9.84 Å². The van der Waals surface area contributed by atoms with Crippen LogP contribution in [0.3, 0.4) is 0 Å². The maximum absolute atomic E-state index is 13.5. The molecular formula is C12H12F5NO2. The standard InChI is InChI=1S/C12H12F5NO2/c13-8-7(9(14)11(16)12(17)10(8)15)4-18-1-2-20-6(3-18)5-19/h6,19H,1-5H2. The van der Waals surface area contributed by atoms with Crippen molar-refractivity contribution in [3.63, 3.8) is 0 Å². The van der Waals surface area contributed by atoms with Gasteiger partial charge in [0.05, 0.1) is 19.3 Å². The lowest BCUT2D eigenvalue weighted by atomic mass is 10.1. The van der Waals surface area contributed by atoms with Gasteiger partial charge in [0.15, 0.2) is 23.3 Å². The number of aliphatic hydroxyl groups is 1. The Morgan fingerprint density at radius 2 is 1.55 bits per heavy atom. The third-order valence-corrected chi connectivity index (χ3v) is 3.11. The number of nitrogens with zero attached hydrogens (tertiary/aromatic N) is 1. The minimum atomic E-state index is -2.17. The van der Waals surface area contributed by atoms with Crippen molar-refractivity contribution < 1.29 is 31.8 Å². The first-order valence-corrected chi connectivity index (χ1v) is 5.90. The lowest BCUT2D eigenvalue weighted by Crippen LogP contribution is -2.43. The monoisotopic (exact) mass is 297 g/mol. The van der Waals surface area contributed by atoms with Crippen LogP contribution < -0.4 is 0 Å². The Morgan fingerprint density at radius 1 is 1.00 bits per heavy atom. The van der Waals surface area contributed by atoms with Crippen molar-refractivity contribution in [2.24, 2.45) is 0 Å². The molecule has 2 rings (SSSR count). The Kier molecular flexibility index (Phi) is 4.56. The molecule has 3 nitrogen and oxygen atoms in total. The maximum atomic E-state index is 13.5. The molecule has 1 fully saturated rings. The number of ether oxygens (including phenoxy) is 1. The Hall–Kier alpha value is -1.25. The SMILES string of the molecule is OCC1CN(Cc2c(F)c(F)c(F)c(F)c2F)CCO1. The molecule has 1 heterocycles. The summed E-state index contributed by atoms with van der Waals surface area (Å²) < 4.78 is 71.2. The number of aliphatic hydroxyl groups excluding tert-OH is 1. The Labute approximate surface area is 111 Å². The molecule has 112 valence electrons. The van der Waals surface area contributed by atoms with Gasteiger partial charge in [0.2, 0.25) is 5.82 Å². The van der Waals surface area contributed by atoms with Gasteiger partial charge in [-0.25, -0.2) is 22.0 Å². The van der Waals surface area contributed by atoms with Crippen LogP contribution in [0.25, 0.3) is 0 Å². The summed E-state index contributed by atoms with van der Waals surface area (Å²) in [7, 11) is 0. The molecule has 0 spiro atoms. The highest BCUT2D eigenvalue weighted by Crippen LogP contribution is 2.24. The van der Waals surface area contributed by atoms with Crippen molar-refractivity contribution in [2.75, 3.05) is 26.3 Å². The fraction of sp³-hybridized carbons (Fsp3) is 0.500. The molecule has 1 aromatic rings. The number of halogens is 5. The van der Waals surface area contributed by atoms with E-state index in [2.05, 4.69) is 0 Å². The van der Waals surface area contributed by atoms with Crippen LogP contribution in [0, 0.1) is 29.1 Å². The molecule has 20 heavy (non-hydrogen) atoms. The van der Waals surface area contributed by atoms with E-state index in [0.717, 1.165) is 0 Å². The van der Waals surface area contributed by atoms with Crippen LogP contribution >= 0.6 is 0 Å². The van der Waals surface area contributed by atoms with E-state index in [0.29, 0.717) is 0 Å². The molecule has 1 aromatic carbocycles. The van der Waals surface area contributed by atoms with Gasteiger partial charge in [-0.3, -0.25) is 4.90 Å². The fourth-order valence-corrected chi connectivity index (χ4v) is 2.05. The number of hydrogen-bond acceptors (Lipinski definition) is 3. The van der Waals surface area contributed by atoms with Gasteiger partial charge in [-0.05, 0) is 0 Å². The average Bonchev–Trinajstić information content (AvgIpc) is 2.48. The lowest BCUT2D eigenvalue weighted by Gasteiger charge is -2.32. The zero-order valence-corrected chi connectivity index (χ0v) is 10.3. The summed E-state index contributed by atoms with van der Waals surface area (Å²) in [5.74, 6) is -9.72. The van der Waals surface area contributed by atoms with Crippen molar-refractivity contribution in [3.8, 4) is 0 Å². The molecule has 1 saturated heterocycles. The van der Waals surface area contributed by atoms with Crippen LogP contribution in [0.2, 0.25) is 0 Å². The fourth-order valence-electron chi connectivity index (χ4n) is 2.05. The molecule has 0 aliphatic carbocycles. The van der Waals surface area contributed by atoms with Gasteiger partial charge in [-0.15, -0.1) is 0 Å². The van der Waals surface area contributed by atoms with Crippen LogP contribution in [0.4, 0.5) is 22.0 Å². The van der Waals surface area contributed by atoms with E-state index >= 15 is 0 Å². The molecule has 1 atom stereocenters. The molecule has 0 saturated carbocycles. The molecular weight excluding hydrogens is 285 g/mol. The topological polar surface area (TPSA) is 32.7 Å². The average molecular weight is 297 g/mol. The summed E-state index contributed by atoms with van der Waals surface area (Å²) in [5, 5.41) is 8.94. The van der Waals surface area contributed by atoms with E-state index in [1.807, 2.05) is 0 Å². The summed E-state index contributed by atoms with van der Waals surface area (Å²) in [6.07, 6.45) is -0.537. The Balaban J connectivity index is 2.25. The molecule has 1 aliphatic heterocycles. The molecule has 0 bridgehead atoms. The highest BCUT2D eigenvalue weighted by Gasteiger charge is 2.28. The van der Waals surface area contributed by atoms with E-state index in [1.165, 1.54) is 4.90 Å². The molecule has 8 heteroatoms. The second kappa shape index (κ2) is 6.02. The van der Waals surface area contributed by atoms with Crippen LogP contribution in [-0.4, -0.2) is 42.4 Å². The molecule has 1 N–H and O–H groups in total. The smallest absolute Gasteiger partial charge is 0.200 e. The Morgan fingerprint density at radius 3 is 2.10 bits per heavy atom. The number of hydrogen-bond donors (Lipinski definition) is 1. The molecule has 0 radical (unpaired) electrons. The van der Waals surface area contributed by atoms with Gasteiger partial charge in [0.1, 0.15) is 0 Å². The van der Waals surface area contributed by atoms with Crippen LogP contribution in [0.1, 0.15) is 5.56 Å². The van der Waals surface area contributed by atoms with E-state index < -0.39 is 47.3 Å². The molecule has 0 aromatic heterocycles. The Bertz CT molecular complexity index is 482. The molecule has 1 unspecified atom stereocenters. The summed E-state index contributed by atoms with van der Waals surface area (Å²) in [6.45, 7) is -0.0914. The van der Waals surface area contributed by atoms with Gasteiger partial charge in [0, 0.05) is 25.2 Å². The summed E-state index contributed by atoms with van der Waals surface area (Å²) in [5.41, 5.74) is -0.875. The zero-order chi connectivity index (χ0) is 14.9. The number of morpholine rings is 1. The first kappa shape index (κ1) is 15.1. The third-order valence-electron chi connectivity index (χ3n) is 3.11. The van der Waals surface area contributed by atoms with Gasteiger partial charge in [-0.1, -0.05) is 0 Å². The second-order valence-corrected chi connectivity index (χ2v) is 4.46. The van der Waals surface area contributed by atoms with Crippen LogP contribution in [-0.2, 0) is 11.3 Å². The largest absolute Gasteiger partial charge is 0.394 e. The van der Waals surface area contributed by atoms with Crippen molar-refractivity contribution in [1.29, 1.82) is 0 Å². The lowest BCUT2D eigenvalue weighted by molar-refractivity contribution is -0.0556. The summed E-state index contributed by atoms with van der Waals surface area (Å²) in [4.78, 5) is 1.46. The quantitative estimate of drug-likeness (QED) is 0.522. The number of rotatable bonds is 3. The minimum absolute atomic E-state index is 0.149. The highest BCUT2D eigenvalue weighted by atomic mass is 19.2. The molecule has 1 aliphatic rings. The summed E-state index contributed by atoms with van der Waals surface area (Å²) >= 11 is 0. The van der Waals surface area contributed by atoms with Gasteiger partial charge >= 0.3 is 0 Å². The minimum Gasteiger partial charge on any atom is -0.394 e. The highest BCUT2D eigenvalue weighted by molar-refractivity contribution is 5.24. The first-order chi connectivity index (χ1) is 9.45. The van der Waals surface area contributed by atoms with E-state index in [9.17, 15) is 22.0 Å². The van der Waals surface area contributed by atoms with Gasteiger partial charge in [-0.2, -0.15) is 0 Å². The van der Waals surface area contributed by atoms with Crippen molar-refractivity contribution in [1.82, 2.24) is 4.90 Å². The predicted molar refractivity (Wildman–Crippen MR) is 58.3 cm³/mol. The van der Waals surface area contributed by atoms with Gasteiger partial charge < -0.3 is 9.84 Å². The van der Waals surface area contributed by atoms with Gasteiger partial charge in [0.25, 0.3) is 0 Å². The molecule has 0 amide bonds. The van der Waals surface area contributed by atoms with Crippen molar-refractivity contribution in [2.45, 2.75) is 12.6 Å². The predicted octanol–water partition coefficient (Wildman–Crippen LogP) is 1.58. The van der Waals surface area contributed by atoms with E-state index in [1.54, 1.807) is 0 Å². The summed E-state index contributed by atoms with van der Waals surface area (Å²) in [6, 6.07) is 0. The van der Waals surface area contributed by atoms with E-state index in [-0.39, 0.29) is 26.3 Å². The van der Waals surface area contributed by atoms with Crippen LogP contribution in [0.15, 0.2) is 0 Å².